The largest absolute Gasteiger partial charge is 0.507 e. The van der Waals surface area contributed by atoms with Crippen molar-refractivity contribution in [3.8, 4) is 17.2 Å². The SMILES string of the molecule is CCOc1cc(/C=N/NC(=O)c2ccccc2O)ccc1OCC(=O)N1CCCCC1. The van der Waals surface area contributed by atoms with Gasteiger partial charge < -0.3 is 19.5 Å². The molecule has 2 amide bonds. The lowest BCUT2D eigenvalue weighted by Crippen LogP contribution is -2.38. The molecular weight excluding hydrogens is 398 g/mol. The normalized spacial score (nSPS) is 13.8. The van der Waals surface area contributed by atoms with E-state index in [1.165, 1.54) is 18.3 Å². The third kappa shape index (κ3) is 6.21. The van der Waals surface area contributed by atoms with Crippen molar-refractivity contribution in [2.45, 2.75) is 26.2 Å². The molecule has 0 radical (unpaired) electrons. The van der Waals surface area contributed by atoms with Gasteiger partial charge >= 0.3 is 0 Å². The average molecular weight is 425 g/mol. The molecule has 1 fully saturated rings. The van der Waals surface area contributed by atoms with Crippen molar-refractivity contribution in [1.29, 1.82) is 0 Å². The molecule has 1 aliphatic rings. The van der Waals surface area contributed by atoms with Crippen molar-refractivity contribution in [3.05, 3.63) is 53.6 Å². The lowest BCUT2D eigenvalue weighted by atomic mass is 10.1. The van der Waals surface area contributed by atoms with Crippen LogP contribution in [0.3, 0.4) is 0 Å². The fraction of sp³-hybridized carbons (Fsp3) is 0.348. The number of likely N-dealkylation sites (tertiary alicyclic amines) is 1. The number of phenols is 1. The molecule has 2 N–H and O–H groups in total. The van der Waals surface area contributed by atoms with Gasteiger partial charge in [-0.1, -0.05) is 12.1 Å². The van der Waals surface area contributed by atoms with Gasteiger partial charge in [-0.3, -0.25) is 9.59 Å². The first-order chi connectivity index (χ1) is 15.1. The fourth-order valence-corrected chi connectivity index (χ4v) is 3.26. The minimum absolute atomic E-state index is 0.0281. The summed E-state index contributed by atoms with van der Waals surface area (Å²) in [6, 6.07) is 11.4. The zero-order chi connectivity index (χ0) is 22.1. The van der Waals surface area contributed by atoms with Crippen LogP contribution in [-0.2, 0) is 4.79 Å². The molecule has 1 aliphatic heterocycles. The Hall–Kier alpha value is -3.55. The second kappa shape index (κ2) is 11.0. The van der Waals surface area contributed by atoms with Gasteiger partial charge in [0, 0.05) is 13.1 Å². The molecule has 0 saturated carbocycles. The van der Waals surface area contributed by atoms with Crippen LogP contribution in [-0.4, -0.2) is 54.3 Å². The topological polar surface area (TPSA) is 100 Å². The number of hydrogen-bond acceptors (Lipinski definition) is 6. The maximum absolute atomic E-state index is 12.3. The molecule has 2 aromatic carbocycles. The number of phenolic OH excluding ortho intramolecular Hbond substituents is 1. The van der Waals surface area contributed by atoms with Crippen LogP contribution in [0.25, 0.3) is 0 Å². The van der Waals surface area contributed by atoms with Crippen LogP contribution in [0.1, 0.15) is 42.1 Å². The van der Waals surface area contributed by atoms with E-state index < -0.39 is 5.91 Å². The van der Waals surface area contributed by atoms with Crippen LogP contribution in [0.4, 0.5) is 0 Å². The van der Waals surface area contributed by atoms with Crippen LogP contribution >= 0.6 is 0 Å². The van der Waals surface area contributed by atoms with Gasteiger partial charge in [0.25, 0.3) is 11.8 Å². The number of hydrazone groups is 1. The summed E-state index contributed by atoms with van der Waals surface area (Å²) in [6.45, 7) is 3.81. The van der Waals surface area contributed by atoms with Crippen molar-refractivity contribution >= 4 is 18.0 Å². The second-order valence-corrected chi connectivity index (χ2v) is 7.09. The average Bonchev–Trinajstić information content (AvgIpc) is 2.79. The summed E-state index contributed by atoms with van der Waals surface area (Å²) in [5, 5.41) is 13.7. The first-order valence-corrected chi connectivity index (χ1v) is 10.4. The van der Waals surface area contributed by atoms with Crippen molar-refractivity contribution in [2.75, 3.05) is 26.3 Å². The fourth-order valence-electron chi connectivity index (χ4n) is 3.26. The van der Waals surface area contributed by atoms with E-state index in [1.807, 2.05) is 11.8 Å². The van der Waals surface area contributed by atoms with Gasteiger partial charge in [0.15, 0.2) is 18.1 Å². The number of rotatable bonds is 8. The molecule has 1 heterocycles. The number of aromatic hydroxyl groups is 1. The number of para-hydroxylation sites is 1. The summed E-state index contributed by atoms with van der Waals surface area (Å²) in [4.78, 5) is 26.3. The van der Waals surface area contributed by atoms with Crippen LogP contribution in [0.2, 0.25) is 0 Å². The number of amides is 2. The van der Waals surface area contributed by atoms with E-state index in [2.05, 4.69) is 10.5 Å². The monoisotopic (exact) mass is 425 g/mol. The van der Waals surface area contributed by atoms with Gasteiger partial charge in [-0.15, -0.1) is 0 Å². The molecule has 0 unspecified atom stereocenters. The highest BCUT2D eigenvalue weighted by atomic mass is 16.5. The summed E-state index contributed by atoms with van der Waals surface area (Å²) >= 11 is 0. The number of carbonyl (C=O) groups excluding carboxylic acids is 2. The lowest BCUT2D eigenvalue weighted by Gasteiger charge is -2.26. The third-order valence-corrected chi connectivity index (χ3v) is 4.86. The molecule has 8 heteroatoms. The number of piperidine rings is 1. The minimum atomic E-state index is -0.518. The van der Waals surface area contributed by atoms with Gasteiger partial charge in [-0.2, -0.15) is 5.10 Å². The molecule has 1 saturated heterocycles. The first-order valence-electron chi connectivity index (χ1n) is 10.4. The highest BCUT2D eigenvalue weighted by Crippen LogP contribution is 2.28. The van der Waals surface area contributed by atoms with E-state index in [4.69, 9.17) is 9.47 Å². The molecule has 2 aromatic rings. The maximum atomic E-state index is 12.3. The van der Waals surface area contributed by atoms with Crippen LogP contribution in [0, 0.1) is 0 Å². The summed E-state index contributed by atoms with van der Waals surface area (Å²) in [7, 11) is 0. The van der Waals surface area contributed by atoms with Gasteiger partial charge in [0.05, 0.1) is 18.4 Å². The van der Waals surface area contributed by atoms with Crippen molar-refractivity contribution in [1.82, 2.24) is 10.3 Å². The standard InChI is InChI=1S/C23H27N3O5/c1-2-30-21-14-17(15-24-25-23(29)18-8-4-5-9-19(18)27)10-11-20(21)31-16-22(28)26-12-6-3-7-13-26/h4-5,8-11,14-15,27H,2-3,6-7,12-13,16H2,1H3,(H,25,29)/b24-15+. The maximum Gasteiger partial charge on any atom is 0.275 e. The summed E-state index contributed by atoms with van der Waals surface area (Å²) < 4.78 is 11.4. The van der Waals surface area contributed by atoms with Gasteiger partial charge in [0.1, 0.15) is 5.75 Å². The zero-order valence-corrected chi connectivity index (χ0v) is 17.5. The van der Waals surface area contributed by atoms with E-state index in [1.54, 1.807) is 30.3 Å². The molecule has 31 heavy (non-hydrogen) atoms. The van der Waals surface area contributed by atoms with Crippen LogP contribution in [0.15, 0.2) is 47.6 Å². The Morgan fingerprint density at radius 2 is 1.87 bits per heavy atom. The Bertz CT molecular complexity index is 939. The minimum Gasteiger partial charge on any atom is -0.507 e. The third-order valence-electron chi connectivity index (χ3n) is 4.86. The number of hydrogen-bond donors (Lipinski definition) is 2. The Morgan fingerprint density at radius 1 is 1.10 bits per heavy atom. The van der Waals surface area contributed by atoms with E-state index in [9.17, 15) is 14.7 Å². The molecule has 0 bridgehead atoms. The summed E-state index contributed by atoms with van der Waals surface area (Å²) in [6.07, 6.45) is 4.69. The molecular formula is C23H27N3O5. The van der Waals surface area contributed by atoms with E-state index in [0.29, 0.717) is 23.7 Å². The smallest absolute Gasteiger partial charge is 0.275 e. The van der Waals surface area contributed by atoms with Gasteiger partial charge in [-0.05, 0) is 62.1 Å². The van der Waals surface area contributed by atoms with Crippen molar-refractivity contribution in [2.24, 2.45) is 5.10 Å². The van der Waals surface area contributed by atoms with Crippen molar-refractivity contribution < 1.29 is 24.2 Å². The lowest BCUT2D eigenvalue weighted by molar-refractivity contribution is -0.134. The zero-order valence-electron chi connectivity index (χ0n) is 17.5. The Balaban J connectivity index is 1.61. The number of nitrogens with one attached hydrogen (secondary N) is 1. The van der Waals surface area contributed by atoms with E-state index in [0.717, 1.165) is 32.4 Å². The highest BCUT2D eigenvalue weighted by molar-refractivity contribution is 5.97. The molecule has 0 spiro atoms. The molecule has 8 nitrogen and oxygen atoms in total. The predicted molar refractivity (Wildman–Crippen MR) is 117 cm³/mol. The number of carbonyl (C=O) groups is 2. The summed E-state index contributed by atoms with van der Waals surface area (Å²) in [5.74, 6) is 0.303. The Labute approximate surface area is 181 Å². The second-order valence-electron chi connectivity index (χ2n) is 7.09. The van der Waals surface area contributed by atoms with Gasteiger partial charge in [-0.25, -0.2) is 5.43 Å². The van der Waals surface area contributed by atoms with Crippen molar-refractivity contribution in [3.63, 3.8) is 0 Å². The Kier molecular flexibility index (Phi) is 7.86. The number of ether oxygens (including phenoxy) is 2. The molecule has 3 rings (SSSR count). The van der Waals surface area contributed by atoms with E-state index in [-0.39, 0.29) is 23.8 Å². The Morgan fingerprint density at radius 3 is 2.61 bits per heavy atom. The molecule has 0 atom stereocenters. The van der Waals surface area contributed by atoms with Crippen LogP contribution < -0.4 is 14.9 Å². The molecule has 0 aromatic heterocycles. The predicted octanol–water partition coefficient (Wildman–Crippen LogP) is 2.95. The first kappa shape index (κ1) is 22.1. The van der Waals surface area contributed by atoms with Gasteiger partial charge in [0.2, 0.25) is 0 Å². The highest BCUT2D eigenvalue weighted by Gasteiger charge is 2.17. The number of benzene rings is 2. The molecule has 0 aliphatic carbocycles. The summed E-state index contributed by atoms with van der Waals surface area (Å²) in [5.41, 5.74) is 3.19. The van der Waals surface area contributed by atoms with Crippen LogP contribution in [0.5, 0.6) is 17.2 Å². The number of nitrogens with zero attached hydrogens (tertiary/aromatic N) is 2. The quantitative estimate of drug-likeness (QED) is 0.500. The molecule has 164 valence electrons. The van der Waals surface area contributed by atoms with E-state index >= 15 is 0 Å².